The number of hydrogen-bond acceptors (Lipinski definition) is 26. The maximum absolute atomic E-state index is 13.1. The summed E-state index contributed by atoms with van der Waals surface area (Å²) < 4.78 is 29.7. The number of amides is 12. The molecular formula is C95H167N15O25W2-2. The van der Waals surface area contributed by atoms with Crippen LogP contribution >= 0.6 is 0 Å². The van der Waals surface area contributed by atoms with Gasteiger partial charge in [-0.05, 0) is 225 Å². The Hall–Kier alpha value is -8.87. The number of alkyl carbamates (subject to hydrolysis) is 2. The molecule has 13 N–H and O–H groups in total. The van der Waals surface area contributed by atoms with E-state index in [0.717, 1.165) is 38.5 Å². The van der Waals surface area contributed by atoms with E-state index in [1.807, 2.05) is 46.2 Å². The van der Waals surface area contributed by atoms with E-state index in [1.165, 1.54) is 26.6 Å². The van der Waals surface area contributed by atoms with Crippen LogP contribution in [0.4, 0.5) is 28.8 Å². The minimum absolute atomic E-state index is 0. The van der Waals surface area contributed by atoms with Crippen molar-refractivity contribution in [3.05, 3.63) is 38.5 Å². The Morgan fingerprint density at radius 1 is 0.401 bits per heavy atom. The second kappa shape index (κ2) is 67.5. The number of carbonyl (C=O) groups excluding carboxylic acids is 15. The standard InChI is InChI=1S/C23H40N5O5.C18H30N3O6.C17H30N2O4.C16H29N3O4.C11H21NO2.C10H17NO4.2W/c1-15(2)14-17(24-4)10-9-16(3)22(31)28-13-7-8-19(28)21(30)27-18(20(29)25-5)11-12-26-23(32)33-6;1-6-14(22)12(9-10-19-16(24)26-5)20-15(23)13-8-7-11-21(13)17(25)27-18(2,3)4;1-6-9-12(14(20)7-2)18-15(21)13-10-8-11-19(13)16(22)23-17(3,4)5;1-5-13(20)11(8-9-17)18-14(21)12-7-6-10-19(12)15(22)23-16(2,3)4;1-8(2)7-10(12-4)6-5-9(3)11(13)14;1-10(2,3)15-9(14)11-6-4-5-7(11)8(12)13;;/h9-10,15-19,24H,6-8,11-14H2,1-5H3,(H,25,29)(H,26,32)(H,27,30);12-13H,5-11H2,1-4H3,(H,19,24)(H,20,23);12-13H,6-11H2,1-5H3,(H,18,21);11-12H,5-10,17H2,1-4H3,(H,18,21);5-6,8-10,12H,7H2,1-4H3,(H,13,14);7H,4-6H2,1-3H3,(H,12,13);;/q2*-1;;;;;;/b10-9+;;;;6-5+;;;/t16-,17+,18-,19?;2*12-,13?;11-,12?;9-,10+;;;/m00000.../s1. The van der Waals surface area contributed by atoms with Crippen molar-refractivity contribution in [1.29, 1.82) is 0 Å². The van der Waals surface area contributed by atoms with Crippen LogP contribution < -0.4 is 53.6 Å². The predicted molar refractivity (Wildman–Crippen MR) is 510 cm³/mol. The average Bonchev–Trinajstić information content (AvgIpc) is 1.72. The normalized spacial score (nSPS) is 18.5. The van der Waals surface area contributed by atoms with Crippen molar-refractivity contribution < 1.29 is 162 Å². The minimum Gasteiger partial charge on any atom is -0.624 e. The Labute approximate surface area is 842 Å². The summed E-state index contributed by atoms with van der Waals surface area (Å²) >= 11 is 0. The van der Waals surface area contributed by atoms with Gasteiger partial charge in [0.05, 0.1) is 30.0 Å². The van der Waals surface area contributed by atoms with E-state index in [1.54, 1.807) is 122 Å². The number of hydrogen-bond donors (Lipinski definition) is 12. The van der Waals surface area contributed by atoms with Crippen LogP contribution in [0.25, 0.3) is 0 Å². The third kappa shape index (κ3) is 53.4. The summed E-state index contributed by atoms with van der Waals surface area (Å²) in [7, 11) is 11.2. The van der Waals surface area contributed by atoms with Gasteiger partial charge >= 0.3 is 48.5 Å². The van der Waals surface area contributed by atoms with Gasteiger partial charge in [-0.3, -0.25) is 67.5 Å². The number of nitrogens with two attached hydrogens (primary N) is 1. The number of nitrogens with one attached hydrogen (secondary N) is 9. The zero-order valence-corrected chi connectivity index (χ0v) is 92.0. The predicted octanol–water partition coefficient (Wildman–Crippen LogP) is 9.91. The van der Waals surface area contributed by atoms with E-state index >= 15 is 0 Å². The van der Waals surface area contributed by atoms with Crippen molar-refractivity contribution in [2.24, 2.45) is 29.4 Å². The van der Waals surface area contributed by atoms with Crippen LogP contribution in [0.5, 0.6) is 0 Å². The third-order valence-electron chi connectivity index (χ3n) is 21.5. The first-order valence-electron chi connectivity index (χ1n) is 47.5. The van der Waals surface area contributed by atoms with Gasteiger partial charge in [0.1, 0.15) is 58.7 Å². The number of aliphatic carboxylic acids is 2. The van der Waals surface area contributed by atoms with Crippen LogP contribution in [0.15, 0.2) is 24.3 Å². The second-order valence-electron chi connectivity index (χ2n) is 38.6. The summed E-state index contributed by atoms with van der Waals surface area (Å²) in [4.78, 5) is 211. The summed E-state index contributed by atoms with van der Waals surface area (Å²) in [6, 6.07) is -5.36. The number of likely N-dealkylation sites (N-methyl/N-ethyl adjacent to an activating group) is 3. The Kier molecular flexibility index (Phi) is 65.1. The largest absolute Gasteiger partial charge is 0.624 e. The molecule has 0 saturated carbocycles. The van der Waals surface area contributed by atoms with E-state index in [2.05, 4.69) is 99.2 Å². The summed E-state index contributed by atoms with van der Waals surface area (Å²) in [6.45, 7) is 43.6. The van der Waals surface area contributed by atoms with Gasteiger partial charge in [0.25, 0.3) is 0 Å². The summed E-state index contributed by atoms with van der Waals surface area (Å²) in [5.74, 6) is -3.39. The molecule has 5 aliphatic heterocycles. The molecule has 12 amide bonds. The van der Waals surface area contributed by atoms with E-state index in [-0.39, 0.29) is 139 Å². The Balaban J connectivity index is -0.00000160. The van der Waals surface area contributed by atoms with Gasteiger partial charge in [-0.15, -0.1) is 0 Å². The van der Waals surface area contributed by atoms with Crippen molar-refractivity contribution in [2.45, 2.75) is 370 Å². The first-order valence-corrected chi connectivity index (χ1v) is 47.5. The fourth-order valence-electron chi connectivity index (χ4n) is 14.6. The van der Waals surface area contributed by atoms with Crippen molar-refractivity contribution >= 4 is 101 Å². The van der Waals surface area contributed by atoms with E-state index < -0.39 is 137 Å². The monoisotopic (exact) mass is 2290 g/mol. The minimum atomic E-state index is -0.960. The average molecular weight is 2290 g/mol. The molecule has 5 rings (SSSR count). The molecule has 5 saturated heterocycles. The zero-order chi connectivity index (χ0) is 104. The van der Waals surface area contributed by atoms with Gasteiger partial charge in [0, 0.05) is 126 Å². The third-order valence-corrected chi connectivity index (χ3v) is 21.5. The second-order valence-corrected chi connectivity index (χ2v) is 38.6. The number of Topliss-reactive ketones (excluding diaryl/α,β-unsaturated/α-hetero) is 3. The van der Waals surface area contributed by atoms with Gasteiger partial charge in [-0.25, -0.2) is 33.6 Å². The van der Waals surface area contributed by atoms with Crippen LogP contribution in [0.3, 0.4) is 0 Å². The number of ether oxygens (including phenoxy) is 6. The smallest absolute Gasteiger partial charge is 0.411 e. The summed E-state index contributed by atoms with van der Waals surface area (Å²) in [6.07, 6.45) is 15.6. The molecule has 0 bridgehead atoms. The molecule has 40 nitrogen and oxygen atoms in total. The molecule has 5 heterocycles. The maximum Gasteiger partial charge on any atom is 0.411 e. The van der Waals surface area contributed by atoms with E-state index in [9.17, 15) is 81.5 Å². The Bertz CT molecular complexity index is 3750. The van der Waals surface area contributed by atoms with Crippen LogP contribution in [0, 0.1) is 37.9 Å². The SMILES string of the molecule is CC(C)(C)OC(=O)N1CCCC1C(=O)O.CCC(=O)[C@H](CCN)NC(=O)C1CCCN1C(=O)OC(C)(C)C.CCC[C@H](NC(=O)C1CCCN1C(=O)OC(C)(C)C)C(=O)CC.CN[C@H](/C=C/[C@H](C)C(=O)O)CC(C)C.[CH2-]OC(=O)NCC[C@H](NC(=O)C1CCCN1C(=O)OC(C)(C)C)C(=O)CC.[CH2-]OC(=O)NCC[C@H](NC(=O)C1CCCN1C(=O)[C@@H](C)/C=C/[C@H](CC(C)C)NC)C(=O)NC.[W].[W]. The molecule has 0 aromatic heterocycles. The van der Waals surface area contributed by atoms with Gasteiger partial charge in [-0.1, -0.05) is 93.0 Å². The molecule has 5 aliphatic rings. The number of rotatable bonds is 38. The molecule has 0 radical (unpaired) electrons. The Morgan fingerprint density at radius 3 is 0.949 bits per heavy atom. The van der Waals surface area contributed by atoms with Crippen molar-refractivity contribution in [3.8, 4) is 0 Å². The van der Waals surface area contributed by atoms with E-state index in [0.29, 0.717) is 122 Å². The number of likely N-dealkylation sites (tertiary alicyclic amines) is 5. The molecule has 0 spiro atoms. The summed E-state index contributed by atoms with van der Waals surface area (Å²) in [5.41, 5.74) is 3.07. The number of carboxylic acids is 2. The van der Waals surface area contributed by atoms with Crippen molar-refractivity contribution in [2.75, 3.05) is 73.5 Å². The molecule has 13 atom stereocenters. The van der Waals surface area contributed by atoms with Gasteiger partial charge in [0.2, 0.25) is 35.4 Å². The van der Waals surface area contributed by atoms with Crippen LogP contribution in [-0.2, 0) is 123 Å². The first-order chi connectivity index (χ1) is 62.9. The summed E-state index contributed by atoms with van der Waals surface area (Å²) in [5, 5.41) is 42.3. The molecule has 0 aromatic carbocycles. The zero-order valence-electron chi connectivity index (χ0n) is 86.1. The molecule has 0 aromatic rings. The molecular weight excluding hydrogens is 2120 g/mol. The quantitative estimate of drug-likeness (QED) is 0.0155. The van der Waals surface area contributed by atoms with Crippen molar-refractivity contribution in [1.82, 2.24) is 72.4 Å². The van der Waals surface area contributed by atoms with Crippen LogP contribution in [0.1, 0.15) is 281 Å². The fourth-order valence-corrected chi connectivity index (χ4v) is 14.6. The first kappa shape index (κ1) is 132. The van der Waals surface area contributed by atoms with Crippen molar-refractivity contribution in [3.63, 3.8) is 0 Å². The fraction of sp³-hybridized carbons (Fsp3) is 0.758. The molecule has 0 aliphatic carbocycles. The van der Waals surface area contributed by atoms with Crippen LogP contribution in [-0.4, -0.2) is 298 Å². The van der Waals surface area contributed by atoms with E-state index in [4.69, 9.17) is 34.9 Å². The number of nitrogens with zero attached hydrogens (tertiary/aromatic N) is 5. The number of carboxylic acid groups (broad SMARTS) is 2. The maximum atomic E-state index is 13.1. The van der Waals surface area contributed by atoms with Gasteiger partial charge < -0.3 is 97.1 Å². The Morgan fingerprint density at radius 2 is 0.679 bits per heavy atom. The molecule has 786 valence electrons. The molecule has 5 fully saturated rings. The van der Waals surface area contributed by atoms with Gasteiger partial charge in [-0.2, -0.15) is 14.2 Å². The molecule has 42 heteroatoms. The molecule has 137 heavy (non-hydrogen) atoms. The van der Waals surface area contributed by atoms with Crippen LogP contribution in [0.2, 0.25) is 0 Å². The molecule has 5 unspecified atom stereocenters. The number of ketones is 3. The number of carbonyl (C=O) groups is 17. The topological polar surface area (TPSA) is 537 Å². The van der Waals surface area contributed by atoms with Gasteiger partial charge in [0.15, 0.2) is 17.3 Å².